The van der Waals surface area contributed by atoms with E-state index < -0.39 is 0 Å². The van der Waals surface area contributed by atoms with Crippen LogP contribution in [0.1, 0.15) is 24.1 Å². The minimum Gasteiger partial charge on any atom is -0.444 e. The van der Waals surface area contributed by atoms with Gasteiger partial charge in [0.1, 0.15) is 12.3 Å². The lowest BCUT2D eigenvalue weighted by molar-refractivity contribution is 0.449. The smallest absolute Gasteiger partial charge is 0.214 e. The molecular weight excluding hydrogens is 240 g/mol. The molecule has 0 aliphatic rings. The first-order valence-electron chi connectivity index (χ1n) is 6.33. The minimum absolute atomic E-state index is 0.483. The quantitative estimate of drug-likeness (QED) is 0.781. The van der Waals surface area contributed by atoms with Crippen LogP contribution in [0.3, 0.4) is 0 Å². The molecule has 98 valence electrons. The molecule has 19 heavy (non-hydrogen) atoms. The Morgan fingerprint density at radius 1 is 1.37 bits per heavy atom. The van der Waals surface area contributed by atoms with Crippen LogP contribution >= 0.6 is 0 Å². The summed E-state index contributed by atoms with van der Waals surface area (Å²) in [5.74, 6) is 2.02. The fourth-order valence-corrected chi connectivity index (χ4v) is 2.14. The molecule has 5 nitrogen and oxygen atoms in total. The molecule has 0 amide bonds. The highest BCUT2D eigenvalue weighted by Gasteiger charge is 2.11. The van der Waals surface area contributed by atoms with E-state index in [-0.39, 0.29) is 0 Å². The Kier molecular flexibility index (Phi) is 2.74. The van der Waals surface area contributed by atoms with Gasteiger partial charge in [-0.25, -0.2) is 9.97 Å². The zero-order valence-electron chi connectivity index (χ0n) is 11.1. The zero-order chi connectivity index (χ0) is 13.4. The number of rotatable bonds is 3. The van der Waals surface area contributed by atoms with Gasteiger partial charge in [-0.2, -0.15) is 0 Å². The van der Waals surface area contributed by atoms with E-state index in [1.165, 1.54) is 5.56 Å². The molecule has 0 saturated carbocycles. The SMILES string of the molecule is CCc1cnc(Cn2c(N)nc3ccc(C)cc32)o1. The molecule has 0 aliphatic carbocycles. The van der Waals surface area contributed by atoms with Gasteiger partial charge < -0.3 is 14.7 Å². The van der Waals surface area contributed by atoms with E-state index in [0.29, 0.717) is 18.4 Å². The number of anilines is 1. The van der Waals surface area contributed by atoms with Gasteiger partial charge in [0, 0.05) is 6.42 Å². The summed E-state index contributed by atoms with van der Waals surface area (Å²) in [5.41, 5.74) is 9.05. The molecule has 0 saturated heterocycles. The van der Waals surface area contributed by atoms with Gasteiger partial charge in [0.05, 0.1) is 17.2 Å². The average Bonchev–Trinajstić information content (AvgIpc) is 2.96. The fraction of sp³-hybridized carbons (Fsp3) is 0.286. The molecule has 3 aromatic rings. The Balaban J connectivity index is 2.04. The minimum atomic E-state index is 0.483. The van der Waals surface area contributed by atoms with Crippen LogP contribution in [0, 0.1) is 6.92 Å². The largest absolute Gasteiger partial charge is 0.444 e. The summed E-state index contributed by atoms with van der Waals surface area (Å²) in [4.78, 5) is 8.61. The maximum absolute atomic E-state index is 5.97. The Morgan fingerprint density at radius 3 is 2.95 bits per heavy atom. The van der Waals surface area contributed by atoms with Crippen LogP contribution in [0.25, 0.3) is 11.0 Å². The standard InChI is InChI=1S/C14H16N4O/c1-3-10-7-16-13(19-10)8-18-12-6-9(2)4-5-11(12)17-14(18)15/h4-7H,3,8H2,1-2H3,(H2,15,17). The molecule has 3 rings (SSSR count). The summed E-state index contributed by atoms with van der Waals surface area (Å²) in [6.07, 6.45) is 2.60. The van der Waals surface area contributed by atoms with E-state index in [9.17, 15) is 0 Å². The van der Waals surface area contributed by atoms with Crippen molar-refractivity contribution in [3.8, 4) is 0 Å². The molecule has 2 aromatic heterocycles. The van der Waals surface area contributed by atoms with Crippen molar-refractivity contribution in [3.05, 3.63) is 41.6 Å². The first-order valence-corrected chi connectivity index (χ1v) is 6.33. The lowest BCUT2D eigenvalue weighted by atomic mass is 10.2. The number of fused-ring (bicyclic) bond motifs is 1. The number of aryl methyl sites for hydroxylation is 2. The van der Waals surface area contributed by atoms with E-state index in [1.807, 2.05) is 30.5 Å². The zero-order valence-corrected chi connectivity index (χ0v) is 11.1. The number of hydrogen-bond donors (Lipinski definition) is 1. The van der Waals surface area contributed by atoms with Crippen molar-refractivity contribution in [2.75, 3.05) is 5.73 Å². The third kappa shape index (κ3) is 2.07. The Morgan fingerprint density at radius 2 is 2.21 bits per heavy atom. The number of benzene rings is 1. The molecule has 2 N–H and O–H groups in total. The highest BCUT2D eigenvalue weighted by molar-refractivity contribution is 5.79. The van der Waals surface area contributed by atoms with Gasteiger partial charge in [0.25, 0.3) is 0 Å². The van der Waals surface area contributed by atoms with Crippen LogP contribution < -0.4 is 5.73 Å². The molecule has 1 aromatic carbocycles. The Labute approximate surface area is 111 Å². The van der Waals surface area contributed by atoms with Crippen molar-refractivity contribution in [1.82, 2.24) is 14.5 Å². The summed E-state index contributed by atoms with van der Waals surface area (Å²) in [5, 5.41) is 0. The van der Waals surface area contributed by atoms with Gasteiger partial charge in [0.15, 0.2) is 0 Å². The Hall–Kier alpha value is -2.30. The average molecular weight is 256 g/mol. The summed E-state index contributed by atoms with van der Waals surface area (Å²) in [7, 11) is 0. The van der Waals surface area contributed by atoms with Crippen molar-refractivity contribution in [2.24, 2.45) is 0 Å². The third-order valence-electron chi connectivity index (χ3n) is 3.18. The van der Waals surface area contributed by atoms with Crippen molar-refractivity contribution in [2.45, 2.75) is 26.8 Å². The third-order valence-corrected chi connectivity index (χ3v) is 3.18. The molecule has 0 atom stereocenters. The number of nitrogen functional groups attached to an aromatic ring is 1. The summed E-state index contributed by atoms with van der Waals surface area (Å²) in [6, 6.07) is 6.08. The normalized spacial score (nSPS) is 11.3. The molecule has 0 aliphatic heterocycles. The predicted molar refractivity (Wildman–Crippen MR) is 73.9 cm³/mol. The molecule has 0 fully saturated rings. The maximum atomic E-state index is 5.97. The molecule has 0 unspecified atom stereocenters. The van der Waals surface area contributed by atoms with Crippen LogP contribution in [0.15, 0.2) is 28.8 Å². The van der Waals surface area contributed by atoms with Crippen LogP contribution in [0.2, 0.25) is 0 Å². The highest BCUT2D eigenvalue weighted by Crippen LogP contribution is 2.20. The number of hydrogen-bond acceptors (Lipinski definition) is 4. The van der Waals surface area contributed by atoms with Crippen molar-refractivity contribution < 1.29 is 4.42 Å². The van der Waals surface area contributed by atoms with Gasteiger partial charge in [-0.15, -0.1) is 0 Å². The van der Waals surface area contributed by atoms with Crippen LogP contribution in [0.4, 0.5) is 5.95 Å². The number of imidazole rings is 1. The molecule has 0 bridgehead atoms. The lowest BCUT2D eigenvalue weighted by Crippen LogP contribution is -2.04. The summed E-state index contributed by atoms with van der Waals surface area (Å²) >= 11 is 0. The van der Waals surface area contributed by atoms with E-state index in [4.69, 9.17) is 10.2 Å². The number of oxazole rings is 1. The van der Waals surface area contributed by atoms with Gasteiger partial charge in [0.2, 0.25) is 11.8 Å². The van der Waals surface area contributed by atoms with E-state index in [2.05, 4.69) is 16.0 Å². The molecule has 5 heteroatoms. The number of nitrogens with zero attached hydrogens (tertiary/aromatic N) is 3. The topological polar surface area (TPSA) is 69.9 Å². The van der Waals surface area contributed by atoms with E-state index >= 15 is 0 Å². The first-order chi connectivity index (χ1) is 9.17. The summed E-state index contributed by atoms with van der Waals surface area (Å²) in [6.45, 7) is 4.59. The first kappa shape index (κ1) is 11.8. The van der Waals surface area contributed by atoms with Gasteiger partial charge in [-0.1, -0.05) is 13.0 Å². The van der Waals surface area contributed by atoms with Gasteiger partial charge in [-0.3, -0.25) is 0 Å². The van der Waals surface area contributed by atoms with Crippen LogP contribution in [-0.2, 0) is 13.0 Å². The van der Waals surface area contributed by atoms with Crippen LogP contribution in [-0.4, -0.2) is 14.5 Å². The summed E-state index contributed by atoms with van der Waals surface area (Å²) < 4.78 is 7.55. The molecule has 0 radical (unpaired) electrons. The number of nitrogens with two attached hydrogens (primary N) is 1. The second-order valence-corrected chi connectivity index (χ2v) is 4.62. The van der Waals surface area contributed by atoms with Crippen LogP contribution in [0.5, 0.6) is 0 Å². The molecule has 0 spiro atoms. The molecular formula is C14H16N4O. The monoisotopic (exact) mass is 256 g/mol. The number of aromatic nitrogens is 3. The van der Waals surface area contributed by atoms with Crippen molar-refractivity contribution in [3.63, 3.8) is 0 Å². The van der Waals surface area contributed by atoms with Gasteiger partial charge >= 0.3 is 0 Å². The van der Waals surface area contributed by atoms with Crippen molar-refractivity contribution >= 4 is 17.0 Å². The van der Waals surface area contributed by atoms with E-state index in [0.717, 1.165) is 23.2 Å². The Bertz CT molecular complexity index is 726. The second-order valence-electron chi connectivity index (χ2n) is 4.62. The lowest BCUT2D eigenvalue weighted by Gasteiger charge is -2.03. The van der Waals surface area contributed by atoms with Gasteiger partial charge in [-0.05, 0) is 24.6 Å². The predicted octanol–water partition coefficient (Wildman–Crippen LogP) is 2.53. The highest BCUT2D eigenvalue weighted by atomic mass is 16.4. The van der Waals surface area contributed by atoms with Crippen molar-refractivity contribution in [1.29, 1.82) is 0 Å². The fourth-order valence-electron chi connectivity index (χ4n) is 2.14. The second kappa shape index (κ2) is 4.42. The van der Waals surface area contributed by atoms with E-state index in [1.54, 1.807) is 6.20 Å². The molecule has 2 heterocycles. The maximum Gasteiger partial charge on any atom is 0.214 e.